The van der Waals surface area contributed by atoms with Gasteiger partial charge in [0.25, 0.3) is 15.9 Å². The Bertz CT molecular complexity index is 2600. The average molecular weight is 877 g/mol. The SMILES string of the molecule is COc1ccc2c(O[C@@H]3C[C@H]4C(=O)N[C@]5(C(=O)NS(=O)(=O)c6ccccc6)C[C@H]5C=CCCCCC[C@H](Nc5ccccc5)C(=O)N4C3)cc(-c3nc(C(C)C)cs3)nc2c1C. The summed E-state index contributed by atoms with van der Waals surface area (Å²) in [5, 5.41) is 9.92. The van der Waals surface area contributed by atoms with Crippen molar-refractivity contribution in [3.63, 3.8) is 0 Å². The Labute approximate surface area is 366 Å². The molecule has 1 saturated carbocycles. The normalized spacial score (nSPS) is 23.1. The first-order valence-corrected chi connectivity index (χ1v) is 23.6. The molecule has 3 amide bonds. The lowest BCUT2D eigenvalue weighted by Gasteiger charge is -2.30. The second-order valence-corrected chi connectivity index (χ2v) is 19.2. The fraction of sp³-hybridized carbons (Fsp3) is 0.383. The third-order valence-corrected chi connectivity index (χ3v) is 14.3. The number of allylic oxidation sites excluding steroid dienone is 1. The van der Waals surface area contributed by atoms with Crippen LogP contribution in [0.5, 0.6) is 11.5 Å². The molecule has 0 unspecified atom stereocenters. The van der Waals surface area contributed by atoms with Crippen LogP contribution in [0, 0.1) is 12.8 Å². The largest absolute Gasteiger partial charge is 0.496 e. The summed E-state index contributed by atoms with van der Waals surface area (Å²) in [4.78, 5) is 55.2. The maximum absolute atomic E-state index is 14.9. The van der Waals surface area contributed by atoms with E-state index < -0.39 is 51.5 Å². The Balaban J connectivity index is 1.15. The van der Waals surface area contributed by atoms with Crippen molar-refractivity contribution >= 4 is 55.7 Å². The summed E-state index contributed by atoms with van der Waals surface area (Å²) in [7, 11) is -2.63. The van der Waals surface area contributed by atoms with E-state index in [-0.39, 0.29) is 36.1 Å². The lowest BCUT2D eigenvalue weighted by molar-refractivity contribution is -0.140. The van der Waals surface area contributed by atoms with Gasteiger partial charge in [0.2, 0.25) is 11.8 Å². The van der Waals surface area contributed by atoms with Gasteiger partial charge in [-0.2, -0.15) is 0 Å². The first-order valence-electron chi connectivity index (χ1n) is 21.2. The van der Waals surface area contributed by atoms with Gasteiger partial charge in [-0.15, -0.1) is 11.3 Å². The molecule has 5 atom stereocenters. The fourth-order valence-electron chi connectivity index (χ4n) is 8.43. The van der Waals surface area contributed by atoms with Crippen molar-refractivity contribution in [1.82, 2.24) is 24.9 Å². The first-order chi connectivity index (χ1) is 29.9. The number of hydrogen-bond acceptors (Lipinski definition) is 11. The Morgan fingerprint density at radius 1 is 0.984 bits per heavy atom. The van der Waals surface area contributed by atoms with E-state index in [0.717, 1.165) is 53.0 Å². The number of amides is 3. The number of sulfonamides is 1. The highest BCUT2D eigenvalue weighted by molar-refractivity contribution is 7.90. The second-order valence-electron chi connectivity index (χ2n) is 16.7. The zero-order valence-electron chi connectivity index (χ0n) is 35.3. The van der Waals surface area contributed by atoms with Crippen LogP contribution in [0.4, 0.5) is 5.69 Å². The molecule has 0 bridgehead atoms. The van der Waals surface area contributed by atoms with Crippen molar-refractivity contribution in [1.29, 1.82) is 0 Å². The molecule has 4 heterocycles. The molecule has 324 valence electrons. The van der Waals surface area contributed by atoms with Gasteiger partial charge in [-0.3, -0.25) is 14.4 Å². The van der Waals surface area contributed by atoms with E-state index in [1.165, 1.54) is 23.5 Å². The lowest BCUT2D eigenvalue weighted by atomic mass is 10.0. The van der Waals surface area contributed by atoms with Crippen molar-refractivity contribution in [3.05, 3.63) is 108 Å². The summed E-state index contributed by atoms with van der Waals surface area (Å²) < 4.78 is 41.6. The maximum Gasteiger partial charge on any atom is 0.264 e. The molecule has 0 spiro atoms. The molecule has 2 aliphatic heterocycles. The molecule has 13 nitrogen and oxygen atoms in total. The van der Waals surface area contributed by atoms with Gasteiger partial charge >= 0.3 is 0 Å². The summed E-state index contributed by atoms with van der Waals surface area (Å²) in [6, 6.07) is 21.1. The number of aryl methyl sites for hydroxylation is 1. The summed E-state index contributed by atoms with van der Waals surface area (Å²) in [5.74, 6) is -0.690. The van der Waals surface area contributed by atoms with Crippen LogP contribution in [-0.2, 0) is 24.4 Å². The van der Waals surface area contributed by atoms with Crippen LogP contribution in [0.1, 0.15) is 76.0 Å². The van der Waals surface area contributed by atoms with Gasteiger partial charge in [0.15, 0.2) is 0 Å². The van der Waals surface area contributed by atoms with Crippen LogP contribution in [0.15, 0.2) is 101 Å². The number of benzene rings is 3. The van der Waals surface area contributed by atoms with Gasteiger partial charge in [-0.05, 0) is 74.9 Å². The molecular weight excluding hydrogens is 825 g/mol. The van der Waals surface area contributed by atoms with Crippen molar-refractivity contribution in [2.24, 2.45) is 5.92 Å². The van der Waals surface area contributed by atoms with Gasteiger partial charge in [-0.1, -0.05) is 75.2 Å². The number of carbonyl (C=O) groups excluding carboxylic acids is 3. The molecule has 5 aromatic rings. The number of aromatic nitrogens is 2. The smallest absolute Gasteiger partial charge is 0.264 e. The fourth-order valence-corrected chi connectivity index (χ4v) is 10.4. The first kappa shape index (κ1) is 42.9. The minimum atomic E-state index is -4.25. The minimum Gasteiger partial charge on any atom is -0.496 e. The summed E-state index contributed by atoms with van der Waals surface area (Å²) in [6.07, 6.45) is 7.32. The Morgan fingerprint density at radius 2 is 1.74 bits per heavy atom. The highest BCUT2D eigenvalue weighted by Gasteiger charge is 2.61. The monoisotopic (exact) mass is 876 g/mol. The number of pyridine rings is 1. The Hall–Kier alpha value is -5.80. The van der Waals surface area contributed by atoms with Crippen LogP contribution in [0.2, 0.25) is 0 Å². The topological polar surface area (TPSA) is 169 Å². The van der Waals surface area contributed by atoms with Gasteiger partial charge in [-0.25, -0.2) is 23.1 Å². The number of carbonyl (C=O) groups is 3. The molecule has 2 aromatic heterocycles. The van der Waals surface area contributed by atoms with Gasteiger partial charge in [0.1, 0.15) is 45.9 Å². The molecule has 8 rings (SSSR count). The third kappa shape index (κ3) is 8.91. The molecular formula is C47H52N6O7S2. The number of thiazole rings is 1. The Morgan fingerprint density at radius 3 is 2.47 bits per heavy atom. The quantitative estimate of drug-likeness (QED) is 0.119. The maximum atomic E-state index is 14.9. The third-order valence-electron chi connectivity index (χ3n) is 12.0. The lowest BCUT2D eigenvalue weighted by Crippen LogP contribution is -2.57. The summed E-state index contributed by atoms with van der Waals surface area (Å²) in [6.45, 7) is 6.20. The standard InChI is InChI=1S/C47H52N6O7S2/c1-29(2)38-28-61-44(50-38)37-25-41(35-22-23-40(59-4)30(3)42(35)49-37)60-33-24-39-43(54)51-47(46(56)52-62(57,58)34-19-13-9-14-20-34)26-31(47)16-10-6-5-7-15-21-36(45(55)53(39)27-33)48-32-17-11-8-12-18-32/h8-14,16-20,22-23,25,28-29,31,33,36,39,48H,5-7,15,21,24,26-27H2,1-4H3,(H,51,54)(H,52,56)/t31-,33-,36+,39+,47-/m1/s1. The molecule has 62 heavy (non-hydrogen) atoms. The zero-order valence-corrected chi connectivity index (χ0v) is 36.9. The molecule has 0 radical (unpaired) electrons. The predicted molar refractivity (Wildman–Crippen MR) is 240 cm³/mol. The van der Waals surface area contributed by atoms with Gasteiger partial charge in [0.05, 0.1) is 29.8 Å². The Kier molecular flexibility index (Phi) is 12.4. The number of rotatable bonds is 10. The van der Waals surface area contributed by atoms with E-state index in [2.05, 4.69) is 29.2 Å². The van der Waals surface area contributed by atoms with E-state index in [1.54, 1.807) is 30.2 Å². The molecule has 1 saturated heterocycles. The number of nitrogens with one attached hydrogen (secondary N) is 3. The van der Waals surface area contributed by atoms with E-state index in [4.69, 9.17) is 19.4 Å². The van der Waals surface area contributed by atoms with Crippen molar-refractivity contribution in [2.45, 2.75) is 100 Å². The number of fused-ring (bicyclic) bond motifs is 3. The van der Waals surface area contributed by atoms with Crippen molar-refractivity contribution < 1.29 is 32.3 Å². The van der Waals surface area contributed by atoms with Gasteiger partial charge < -0.3 is 25.0 Å². The number of para-hydroxylation sites is 1. The molecule has 1 aliphatic carbocycles. The van der Waals surface area contributed by atoms with E-state index in [1.807, 2.05) is 73.0 Å². The molecule has 15 heteroatoms. The molecule has 3 N–H and O–H groups in total. The van der Waals surface area contributed by atoms with E-state index >= 15 is 0 Å². The summed E-state index contributed by atoms with van der Waals surface area (Å²) >= 11 is 1.50. The molecule has 3 aliphatic rings. The van der Waals surface area contributed by atoms with Crippen LogP contribution < -0.4 is 24.8 Å². The highest BCUT2D eigenvalue weighted by atomic mass is 32.2. The summed E-state index contributed by atoms with van der Waals surface area (Å²) in [5.41, 5.74) is 2.32. The van der Waals surface area contributed by atoms with Crippen LogP contribution >= 0.6 is 11.3 Å². The highest BCUT2D eigenvalue weighted by Crippen LogP contribution is 2.46. The average Bonchev–Trinajstić information content (AvgIpc) is 3.54. The minimum absolute atomic E-state index is 0.0684. The second kappa shape index (κ2) is 17.9. The number of hydrogen-bond donors (Lipinski definition) is 3. The number of ether oxygens (including phenoxy) is 2. The zero-order chi connectivity index (χ0) is 43.6. The van der Waals surface area contributed by atoms with E-state index in [9.17, 15) is 22.8 Å². The van der Waals surface area contributed by atoms with Gasteiger partial charge in [0, 0.05) is 40.4 Å². The number of methoxy groups -OCH3 is 1. The predicted octanol–water partition coefficient (Wildman–Crippen LogP) is 7.53. The van der Waals surface area contributed by atoms with Crippen LogP contribution in [-0.4, -0.2) is 78.4 Å². The number of nitrogens with zero attached hydrogens (tertiary/aromatic N) is 3. The molecule has 2 fully saturated rings. The van der Waals surface area contributed by atoms with Crippen molar-refractivity contribution in [3.8, 4) is 22.2 Å². The molecule has 3 aromatic carbocycles. The number of anilines is 1. The van der Waals surface area contributed by atoms with Crippen LogP contribution in [0.25, 0.3) is 21.6 Å². The van der Waals surface area contributed by atoms with E-state index in [0.29, 0.717) is 29.1 Å². The van der Waals surface area contributed by atoms with Crippen molar-refractivity contribution in [2.75, 3.05) is 19.0 Å². The van der Waals surface area contributed by atoms with Crippen LogP contribution in [0.3, 0.4) is 0 Å².